The van der Waals surface area contributed by atoms with Gasteiger partial charge in [0, 0.05) is 19.1 Å². The number of hydrogen-bond acceptors (Lipinski definition) is 8. The van der Waals surface area contributed by atoms with E-state index in [0.717, 1.165) is 0 Å². The average Bonchev–Trinajstić information content (AvgIpc) is 2.67. The standard InChI is InChI=1S/C25H49N5O7/c1-23(2,3)35-20(32)27-15-11-12-17(29-21(33)36-24(4,5)6)16-28-19(31)18(13-10-14-26)30-22(34)37-25(7,8)9/h17-18H,10-16,26H2,1-9H3,(H,27,32)(H,28,31)(H,29,33)(H,30,34)/t17-,18-/m0/s1. The van der Waals surface area contributed by atoms with E-state index in [0.29, 0.717) is 38.8 Å². The maximum Gasteiger partial charge on any atom is 0.408 e. The average molecular weight is 532 g/mol. The Labute approximate surface area is 221 Å². The molecule has 6 N–H and O–H groups in total. The van der Waals surface area contributed by atoms with Gasteiger partial charge in [-0.25, -0.2) is 14.4 Å². The van der Waals surface area contributed by atoms with Gasteiger partial charge in [0.25, 0.3) is 0 Å². The molecule has 0 radical (unpaired) electrons. The highest BCUT2D eigenvalue weighted by Gasteiger charge is 2.26. The predicted molar refractivity (Wildman–Crippen MR) is 141 cm³/mol. The van der Waals surface area contributed by atoms with Gasteiger partial charge in [0.2, 0.25) is 5.91 Å². The van der Waals surface area contributed by atoms with Gasteiger partial charge < -0.3 is 41.2 Å². The molecule has 2 atom stereocenters. The van der Waals surface area contributed by atoms with E-state index in [-0.39, 0.29) is 6.54 Å². The monoisotopic (exact) mass is 531 g/mol. The molecule has 0 rings (SSSR count). The van der Waals surface area contributed by atoms with Gasteiger partial charge in [-0.15, -0.1) is 0 Å². The summed E-state index contributed by atoms with van der Waals surface area (Å²) in [5.74, 6) is -0.429. The molecule has 0 aliphatic rings. The molecule has 0 fully saturated rings. The van der Waals surface area contributed by atoms with Crippen LogP contribution in [0.5, 0.6) is 0 Å². The van der Waals surface area contributed by atoms with Crippen LogP contribution >= 0.6 is 0 Å². The Morgan fingerprint density at radius 3 is 1.65 bits per heavy atom. The fraction of sp³-hybridized carbons (Fsp3) is 0.840. The van der Waals surface area contributed by atoms with Gasteiger partial charge >= 0.3 is 18.3 Å². The van der Waals surface area contributed by atoms with Gasteiger partial charge in [-0.05, 0) is 94.5 Å². The number of ether oxygens (including phenoxy) is 3. The van der Waals surface area contributed by atoms with Gasteiger partial charge in [-0.2, -0.15) is 0 Å². The number of amides is 4. The smallest absolute Gasteiger partial charge is 0.408 e. The molecular formula is C25H49N5O7. The lowest BCUT2D eigenvalue weighted by Crippen LogP contribution is -2.52. The van der Waals surface area contributed by atoms with E-state index in [2.05, 4.69) is 21.3 Å². The van der Waals surface area contributed by atoms with Crippen LogP contribution in [0.4, 0.5) is 14.4 Å². The van der Waals surface area contributed by atoms with Gasteiger partial charge in [-0.1, -0.05) is 0 Å². The summed E-state index contributed by atoms with van der Waals surface area (Å²) in [6.45, 7) is 16.5. The Hall–Kier alpha value is -2.76. The van der Waals surface area contributed by atoms with Crippen molar-refractivity contribution < 1.29 is 33.4 Å². The van der Waals surface area contributed by atoms with E-state index in [9.17, 15) is 19.2 Å². The first-order valence-corrected chi connectivity index (χ1v) is 12.7. The fourth-order valence-electron chi connectivity index (χ4n) is 2.94. The number of alkyl carbamates (subject to hydrolysis) is 3. The molecule has 37 heavy (non-hydrogen) atoms. The third-order valence-corrected chi connectivity index (χ3v) is 4.35. The molecule has 0 aliphatic heterocycles. The molecular weight excluding hydrogens is 482 g/mol. The molecule has 0 aliphatic carbocycles. The number of nitrogens with two attached hydrogens (primary N) is 1. The maximum atomic E-state index is 12.9. The van der Waals surface area contributed by atoms with Crippen molar-refractivity contribution >= 4 is 24.2 Å². The highest BCUT2D eigenvalue weighted by molar-refractivity contribution is 5.85. The second-order valence-corrected chi connectivity index (χ2v) is 11.8. The van der Waals surface area contributed by atoms with Crippen molar-refractivity contribution in [2.45, 2.75) is 117 Å². The Bertz CT molecular complexity index is 739. The molecule has 0 aromatic rings. The third kappa shape index (κ3) is 20.0. The van der Waals surface area contributed by atoms with Crippen LogP contribution in [0.25, 0.3) is 0 Å². The quantitative estimate of drug-likeness (QED) is 0.189. The fourth-order valence-corrected chi connectivity index (χ4v) is 2.94. The van der Waals surface area contributed by atoms with Crippen molar-refractivity contribution in [1.29, 1.82) is 0 Å². The molecule has 12 nitrogen and oxygen atoms in total. The van der Waals surface area contributed by atoms with Crippen LogP contribution in [0.2, 0.25) is 0 Å². The summed E-state index contributed by atoms with van der Waals surface area (Å²) in [6, 6.07) is -1.34. The molecule has 0 unspecified atom stereocenters. The van der Waals surface area contributed by atoms with Crippen LogP contribution < -0.4 is 27.0 Å². The number of nitrogens with one attached hydrogen (secondary N) is 4. The maximum absolute atomic E-state index is 12.9. The van der Waals surface area contributed by atoms with Crippen molar-refractivity contribution in [2.75, 3.05) is 19.6 Å². The predicted octanol–water partition coefficient (Wildman–Crippen LogP) is 2.93. The number of carbonyl (C=O) groups excluding carboxylic acids is 4. The minimum atomic E-state index is -0.852. The zero-order valence-electron chi connectivity index (χ0n) is 24.0. The minimum absolute atomic E-state index is 0.0830. The first kappa shape index (κ1) is 34.2. The van der Waals surface area contributed by atoms with Crippen molar-refractivity contribution in [3.05, 3.63) is 0 Å². The lowest BCUT2D eigenvalue weighted by molar-refractivity contribution is -0.123. The second-order valence-electron chi connectivity index (χ2n) is 11.8. The summed E-state index contributed by atoms with van der Waals surface area (Å²) < 4.78 is 15.8. The van der Waals surface area contributed by atoms with Crippen LogP contribution in [-0.2, 0) is 19.0 Å². The van der Waals surface area contributed by atoms with Gasteiger partial charge in [0.15, 0.2) is 0 Å². The molecule has 0 saturated heterocycles. The molecule has 0 heterocycles. The van der Waals surface area contributed by atoms with Gasteiger partial charge in [0.1, 0.15) is 22.8 Å². The highest BCUT2D eigenvalue weighted by Crippen LogP contribution is 2.10. The molecule has 216 valence electrons. The zero-order valence-corrected chi connectivity index (χ0v) is 24.0. The van der Waals surface area contributed by atoms with Crippen LogP contribution in [0.15, 0.2) is 0 Å². The van der Waals surface area contributed by atoms with Crippen molar-refractivity contribution in [1.82, 2.24) is 21.3 Å². The lowest BCUT2D eigenvalue weighted by atomic mass is 10.1. The Kier molecular flexibility index (Phi) is 14.3. The van der Waals surface area contributed by atoms with Crippen LogP contribution in [-0.4, -0.2) is 72.7 Å². The molecule has 0 bridgehead atoms. The van der Waals surface area contributed by atoms with E-state index in [1.165, 1.54) is 0 Å². The van der Waals surface area contributed by atoms with E-state index < -0.39 is 53.1 Å². The normalized spacial score (nSPS) is 13.6. The highest BCUT2D eigenvalue weighted by atomic mass is 16.6. The zero-order chi connectivity index (χ0) is 28.9. The van der Waals surface area contributed by atoms with Crippen molar-refractivity contribution in [3.63, 3.8) is 0 Å². The summed E-state index contributed by atoms with van der Waals surface area (Å²) in [7, 11) is 0. The Balaban J connectivity index is 5.11. The molecule has 4 amide bonds. The topological polar surface area (TPSA) is 170 Å². The minimum Gasteiger partial charge on any atom is -0.444 e. The van der Waals surface area contributed by atoms with Crippen LogP contribution in [0.1, 0.15) is 88.0 Å². The van der Waals surface area contributed by atoms with E-state index in [1.807, 2.05) is 0 Å². The first-order valence-electron chi connectivity index (χ1n) is 12.7. The van der Waals surface area contributed by atoms with Crippen LogP contribution in [0, 0.1) is 0 Å². The summed E-state index contributed by atoms with van der Waals surface area (Å²) in [5, 5.41) is 10.8. The summed E-state index contributed by atoms with van der Waals surface area (Å²) in [4.78, 5) is 49.3. The van der Waals surface area contributed by atoms with Crippen molar-refractivity contribution in [3.8, 4) is 0 Å². The van der Waals surface area contributed by atoms with Crippen LogP contribution in [0.3, 0.4) is 0 Å². The Morgan fingerprint density at radius 1 is 0.676 bits per heavy atom. The third-order valence-electron chi connectivity index (χ3n) is 4.35. The van der Waals surface area contributed by atoms with Gasteiger partial charge in [0.05, 0.1) is 0 Å². The number of carbonyl (C=O) groups is 4. The molecule has 0 saturated carbocycles. The van der Waals surface area contributed by atoms with E-state index in [1.54, 1.807) is 62.3 Å². The number of hydrogen-bond donors (Lipinski definition) is 5. The number of rotatable bonds is 12. The largest absolute Gasteiger partial charge is 0.444 e. The van der Waals surface area contributed by atoms with E-state index in [4.69, 9.17) is 19.9 Å². The Morgan fingerprint density at radius 2 is 1.16 bits per heavy atom. The lowest BCUT2D eigenvalue weighted by Gasteiger charge is -2.26. The second kappa shape index (κ2) is 15.5. The summed E-state index contributed by atoms with van der Waals surface area (Å²) in [5.41, 5.74) is 3.57. The van der Waals surface area contributed by atoms with E-state index >= 15 is 0 Å². The SMILES string of the molecule is CC(C)(C)OC(=O)NCCC[C@@H](CNC(=O)[C@H](CCCN)NC(=O)OC(C)(C)C)NC(=O)OC(C)(C)C. The molecule has 0 aromatic heterocycles. The molecule has 0 aromatic carbocycles. The van der Waals surface area contributed by atoms with Gasteiger partial charge in [-0.3, -0.25) is 4.79 Å². The molecule has 12 heteroatoms. The molecule has 0 spiro atoms. The summed E-state index contributed by atoms with van der Waals surface area (Å²) >= 11 is 0. The first-order chi connectivity index (χ1) is 16.8. The van der Waals surface area contributed by atoms with Crippen molar-refractivity contribution in [2.24, 2.45) is 5.73 Å². The summed E-state index contributed by atoms with van der Waals surface area (Å²) in [6.07, 6.45) is -0.0897.